The molecule has 2 rings (SSSR count). The highest BCUT2D eigenvalue weighted by Gasteiger charge is 2.42. The number of hydrogen-bond acceptors (Lipinski definition) is 2. The van der Waals surface area contributed by atoms with E-state index in [1.54, 1.807) is 11.9 Å². The molecule has 1 aliphatic rings. The van der Waals surface area contributed by atoms with Gasteiger partial charge in [-0.05, 0) is 17.5 Å². The van der Waals surface area contributed by atoms with E-state index in [9.17, 15) is 14.7 Å². The molecule has 0 aliphatic carbocycles. The zero-order valence-electron chi connectivity index (χ0n) is 10.6. The Morgan fingerprint density at radius 1 is 1.39 bits per heavy atom. The van der Waals surface area contributed by atoms with E-state index in [0.717, 1.165) is 12.0 Å². The van der Waals surface area contributed by atoms with Crippen molar-refractivity contribution in [3.05, 3.63) is 35.4 Å². The molecule has 1 saturated heterocycles. The molecule has 1 aliphatic heterocycles. The molecular weight excluding hydrogens is 230 g/mol. The fourth-order valence-corrected chi connectivity index (χ4v) is 2.50. The number of carbonyl (C=O) groups is 2. The van der Waals surface area contributed by atoms with Crippen LogP contribution in [0, 0.1) is 5.92 Å². The maximum absolute atomic E-state index is 11.7. The van der Waals surface area contributed by atoms with Crippen molar-refractivity contribution >= 4 is 11.9 Å². The molecule has 1 aromatic rings. The van der Waals surface area contributed by atoms with Gasteiger partial charge in [0.1, 0.15) is 0 Å². The third-order valence-electron chi connectivity index (χ3n) is 3.63. The van der Waals surface area contributed by atoms with Crippen molar-refractivity contribution < 1.29 is 14.7 Å². The van der Waals surface area contributed by atoms with E-state index in [0.29, 0.717) is 0 Å². The molecule has 18 heavy (non-hydrogen) atoms. The lowest BCUT2D eigenvalue weighted by molar-refractivity contribution is -0.142. The molecule has 2 atom stereocenters. The summed E-state index contributed by atoms with van der Waals surface area (Å²) in [6.45, 7) is 2.07. The normalized spacial score (nSPS) is 23.4. The number of amides is 1. The maximum Gasteiger partial charge on any atom is 0.309 e. The lowest BCUT2D eigenvalue weighted by Crippen LogP contribution is -2.26. The van der Waals surface area contributed by atoms with Crippen molar-refractivity contribution in [2.24, 2.45) is 5.92 Å². The molecule has 0 spiro atoms. The average molecular weight is 247 g/mol. The summed E-state index contributed by atoms with van der Waals surface area (Å²) in [7, 11) is 1.67. The Kier molecular flexibility index (Phi) is 3.36. The third kappa shape index (κ3) is 2.10. The van der Waals surface area contributed by atoms with Gasteiger partial charge in [0.25, 0.3) is 0 Å². The van der Waals surface area contributed by atoms with Crippen LogP contribution in [0.15, 0.2) is 24.3 Å². The Bertz CT molecular complexity index is 466. The second-order valence-corrected chi connectivity index (χ2v) is 4.69. The van der Waals surface area contributed by atoms with Crippen molar-refractivity contribution in [1.29, 1.82) is 0 Å². The van der Waals surface area contributed by atoms with E-state index in [-0.39, 0.29) is 18.4 Å². The zero-order chi connectivity index (χ0) is 13.3. The molecule has 4 heteroatoms. The minimum absolute atomic E-state index is 0.0893. The lowest BCUT2D eigenvalue weighted by atomic mass is 9.93. The van der Waals surface area contributed by atoms with E-state index < -0.39 is 11.9 Å². The third-order valence-corrected chi connectivity index (χ3v) is 3.63. The van der Waals surface area contributed by atoms with Crippen LogP contribution in [0.25, 0.3) is 0 Å². The Morgan fingerprint density at radius 2 is 2.00 bits per heavy atom. The van der Waals surface area contributed by atoms with Crippen LogP contribution in [-0.4, -0.2) is 28.9 Å². The van der Waals surface area contributed by atoms with Crippen LogP contribution in [0.2, 0.25) is 0 Å². The Hall–Kier alpha value is -1.84. The number of rotatable bonds is 3. The van der Waals surface area contributed by atoms with Gasteiger partial charge in [-0.2, -0.15) is 0 Å². The number of likely N-dealkylation sites (tertiary alicyclic amines) is 1. The Balaban J connectivity index is 2.33. The molecule has 1 heterocycles. The van der Waals surface area contributed by atoms with Gasteiger partial charge in [-0.3, -0.25) is 9.59 Å². The van der Waals surface area contributed by atoms with Crippen LogP contribution in [0.5, 0.6) is 0 Å². The average Bonchev–Trinajstić information content (AvgIpc) is 2.66. The van der Waals surface area contributed by atoms with Crippen LogP contribution in [0.3, 0.4) is 0 Å². The topological polar surface area (TPSA) is 57.6 Å². The Labute approximate surface area is 106 Å². The summed E-state index contributed by atoms with van der Waals surface area (Å²) in [4.78, 5) is 24.4. The van der Waals surface area contributed by atoms with E-state index in [1.807, 2.05) is 24.3 Å². The number of carbonyl (C=O) groups excluding carboxylic acids is 1. The second kappa shape index (κ2) is 4.80. The number of carboxylic acids is 1. The van der Waals surface area contributed by atoms with Crippen molar-refractivity contribution in [2.45, 2.75) is 25.8 Å². The van der Waals surface area contributed by atoms with Gasteiger partial charge in [0.05, 0.1) is 12.0 Å². The predicted octanol–water partition coefficient (Wildman–Crippen LogP) is 1.85. The van der Waals surface area contributed by atoms with E-state index in [2.05, 4.69) is 6.92 Å². The first-order valence-electron chi connectivity index (χ1n) is 6.12. The molecule has 1 fully saturated rings. The van der Waals surface area contributed by atoms with Crippen LogP contribution in [0.1, 0.15) is 30.5 Å². The van der Waals surface area contributed by atoms with E-state index >= 15 is 0 Å². The number of aryl methyl sites for hydroxylation is 1. The number of benzene rings is 1. The summed E-state index contributed by atoms with van der Waals surface area (Å²) >= 11 is 0. The standard InChI is InChI=1S/C14H17NO3/c1-3-9-4-6-10(7-5-9)13-11(14(17)18)8-12(16)15(13)2/h4-7,11,13H,3,8H2,1-2H3,(H,17,18)/t11-,13-/m0/s1. The fourth-order valence-electron chi connectivity index (χ4n) is 2.50. The van der Waals surface area contributed by atoms with Crippen LogP contribution >= 0.6 is 0 Å². The predicted molar refractivity (Wildman–Crippen MR) is 67.1 cm³/mol. The van der Waals surface area contributed by atoms with E-state index in [1.165, 1.54) is 5.56 Å². The van der Waals surface area contributed by atoms with Gasteiger partial charge in [-0.25, -0.2) is 0 Å². The number of hydrogen-bond donors (Lipinski definition) is 1. The van der Waals surface area contributed by atoms with E-state index in [4.69, 9.17) is 0 Å². The van der Waals surface area contributed by atoms with Gasteiger partial charge in [-0.15, -0.1) is 0 Å². The summed E-state index contributed by atoms with van der Waals surface area (Å²) < 4.78 is 0. The summed E-state index contributed by atoms with van der Waals surface area (Å²) in [6.07, 6.45) is 1.04. The molecule has 1 amide bonds. The zero-order valence-corrected chi connectivity index (χ0v) is 10.6. The first-order chi connectivity index (χ1) is 8.54. The molecule has 0 aromatic heterocycles. The summed E-state index contributed by atoms with van der Waals surface area (Å²) in [5.41, 5.74) is 2.10. The van der Waals surface area contributed by atoms with Gasteiger partial charge in [0, 0.05) is 13.5 Å². The second-order valence-electron chi connectivity index (χ2n) is 4.69. The van der Waals surface area contributed by atoms with Gasteiger partial charge in [0.2, 0.25) is 5.91 Å². The molecule has 0 unspecified atom stereocenters. The van der Waals surface area contributed by atoms with Gasteiger partial charge in [0.15, 0.2) is 0 Å². The van der Waals surface area contributed by atoms with Gasteiger partial charge >= 0.3 is 5.97 Å². The monoisotopic (exact) mass is 247 g/mol. The first kappa shape index (κ1) is 12.6. The van der Waals surface area contributed by atoms with Gasteiger partial charge < -0.3 is 10.0 Å². The number of nitrogens with zero attached hydrogens (tertiary/aromatic N) is 1. The number of carboxylic acid groups (broad SMARTS) is 1. The van der Waals surface area contributed by atoms with Crippen LogP contribution in [-0.2, 0) is 16.0 Å². The van der Waals surface area contributed by atoms with Crippen LogP contribution in [0.4, 0.5) is 0 Å². The highest BCUT2D eigenvalue weighted by atomic mass is 16.4. The largest absolute Gasteiger partial charge is 0.481 e. The van der Waals surface area contributed by atoms with Gasteiger partial charge in [-0.1, -0.05) is 31.2 Å². The molecule has 0 saturated carbocycles. The molecule has 96 valence electrons. The fraction of sp³-hybridized carbons (Fsp3) is 0.429. The molecule has 1 N–H and O–H groups in total. The highest BCUT2D eigenvalue weighted by molar-refractivity contribution is 5.87. The quantitative estimate of drug-likeness (QED) is 0.886. The molecule has 1 aromatic carbocycles. The SMILES string of the molecule is CCc1ccc([C@H]2[C@@H](C(=O)O)CC(=O)N2C)cc1. The molecule has 0 radical (unpaired) electrons. The van der Waals surface area contributed by atoms with Crippen molar-refractivity contribution in [3.63, 3.8) is 0 Å². The van der Waals surface area contributed by atoms with Crippen molar-refractivity contribution in [2.75, 3.05) is 7.05 Å². The lowest BCUT2D eigenvalue weighted by Gasteiger charge is -2.23. The molecule has 0 bridgehead atoms. The summed E-state index contributed by atoms with van der Waals surface area (Å²) in [5.74, 6) is -1.65. The minimum Gasteiger partial charge on any atom is -0.481 e. The van der Waals surface area contributed by atoms with Crippen LogP contribution < -0.4 is 0 Å². The van der Waals surface area contributed by atoms with Crippen molar-refractivity contribution in [1.82, 2.24) is 4.90 Å². The first-order valence-corrected chi connectivity index (χ1v) is 6.12. The molecule has 4 nitrogen and oxygen atoms in total. The smallest absolute Gasteiger partial charge is 0.309 e. The molecular formula is C14H17NO3. The highest BCUT2D eigenvalue weighted by Crippen LogP contribution is 2.37. The number of aliphatic carboxylic acids is 1. The van der Waals surface area contributed by atoms with Crippen molar-refractivity contribution in [3.8, 4) is 0 Å². The Morgan fingerprint density at radius 3 is 2.50 bits per heavy atom. The summed E-state index contributed by atoms with van der Waals surface area (Å²) in [6, 6.07) is 7.49. The maximum atomic E-state index is 11.7. The summed E-state index contributed by atoms with van der Waals surface area (Å²) in [5, 5.41) is 9.20. The minimum atomic E-state index is -0.905.